The molecule has 2 saturated heterocycles. The number of nitrogens with zero attached hydrogens (tertiary/aromatic N) is 7. The molecular weight excluding hydrogens is 737 g/mol. The number of halogens is 2. The molecule has 0 radical (unpaired) electrons. The second kappa shape index (κ2) is 16.0. The molecule has 2 aliphatic rings. The van der Waals surface area contributed by atoms with Crippen LogP contribution in [0, 0.1) is 0 Å². The van der Waals surface area contributed by atoms with Gasteiger partial charge >= 0.3 is 5.69 Å². The van der Waals surface area contributed by atoms with Crippen molar-refractivity contribution in [3.63, 3.8) is 0 Å². The van der Waals surface area contributed by atoms with Gasteiger partial charge in [-0.25, -0.2) is 19.0 Å². The van der Waals surface area contributed by atoms with Gasteiger partial charge in [0.15, 0.2) is 0 Å². The minimum Gasteiger partial charge on any atom is -0.491 e. The molecule has 2 aromatic heterocycles. The van der Waals surface area contributed by atoms with Crippen molar-refractivity contribution in [2.45, 2.75) is 44.7 Å². The van der Waals surface area contributed by atoms with Crippen molar-refractivity contribution >= 4 is 34.6 Å². The Morgan fingerprint density at radius 1 is 0.891 bits per heavy atom. The van der Waals surface area contributed by atoms with Crippen LogP contribution in [0.3, 0.4) is 0 Å². The molecule has 0 bridgehead atoms. The van der Waals surface area contributed by atoms with Gasteiger partial charge in [0.2, 0.25) is 5.79 Å². The highest BCUT2D eigenvalue weighted by Crippen LogP contribution is 2.41. The Labute approximate surface area is 330 Å². The molecule has 8 rings (SSSR count). The lowest BCUT2D eigenvalue weighted by molar-refractivity contribution is -0.189. The topological polar surface area (TPSA) is 91.8 Å². The van der Waals surface area contributed by atoms with Crippen LogP contribution < -0.4 is 20.2 Å². The van der Waals surface area contributed by atoms with Gasteiger partial charge in [-0.05, 0) is 74.0 Å². The maximum Gasteiger partial charge on any atom is 0.350 e. The predicted molar refractivity (Wildman–Crippen MR) is 216 cm³/mol. The van der Waals surface area contributed by atoms with E-state index in [1.165, 1.54) is 0 Å². The lowest BCUT2D eigenvalue weighted by atomic mass is 10.0. The minimum absolute atomic E-state index is 0.0616. The van der Waals surface area contributed by atoms with Gasteiger partial charge in [0.1, 0.15) is 30.6 Å². The fraction of sp³-hybridized carbons (Fsp3) is 0.310. The highest BCUT2D eigenvalue weighted by Gasteiger charge is 2.45. The van der Waals surface area contributed by atoms with Crippen LogP contribution in [0.15, 0.2) is 121 Å². The van der Waals surface area contributed by atoms with Crippen molar-refractivity contribution in [1.82, 2.24) is 23.9 Å². The number of benzene rings is 4. The number of aromatic nitrogens is 5. The van der Waals surface area contributed by atoms with E-state index in [1.807, 2.05) is 78.4 Å². The van der Waals surface area contributed by atoms with E-state index in [0.717, 1.165) is 66.8 Å². The molecule has 4 heterocycles. The summed E-state index contributed by atoms with van der Waals surface area (Å²) in [5.74, 6) is 0.376. The van der Waals surface area contributed by atoms with Crippen LogP contribution in [-0.4, -0.2) is 69.4 Å². The first-order valence-electron chi connectivity index (χ1n) is 18.6. The van der Waals surface area contributed by atoms with E-state index in [-0.39, 0.29) is 17.8 Å². The Balaban J connectivity index is 0.877. The molecule has 0 saturated carbocycles. The summed E-state index contributed by atoms with van der Waals surface area (Å²) in [6, 6.07) is 31.8. The number of hydrogen-bond acceptors (Lipinski definition) is 8. The van der Waals surface area contributed by atoms with Crippen molar-refractivity contribution in [2.24, 2.45) is 0 Å². The van der Waals surface area contributed by atoms with Crippen molar-refractivity contribution in [1.29, 1.82) is 0 Å². The predicted octanol–water partition coefficient (Wildman–Crippen LogP) is 7.85. The summed E-state index contributed by atoms with van der Waals surface area (Å²) in [6.45, 7) is 8.53. The molecule has 55 heavy (non-hydrogen) atoms. The van der Waals surface area contributed by atoms with Gasteiger partial charge in [0.25, 0.3) is 0 Å². The first kappa shape index (κ1) is 36.9. The SMILES string of the molecule is CCC(C)n1ncn(-c2ccc(N3CCN(c4ccc(OC[C@@H]5CO[C@@](Cn6ccnc6-c6ccccc6)(c6ccc(Cl)cc6Cl)O5)cc4)CC3)cc2)c1=O. The van der Waals surface area contributed by atoms with Crippen LogP contribution in [0.25, 0.3) is 17.1 Å². The van der Waals surface area contributed by atoms with Gasteiger partial charge in [-0.15, -0.1) is 0 Å². The third kappa shape index (κ3) is 7.75. The van der Waals surface area contributed by atoms with E-state index in [1.54, 1.807) is 33.9 Å². The Kier molecular flexibility index (Phi) is 10.7. The molecule has 284 valence electrons. The van der Waals surface area contributed by atoms with Crippen molar-refractivity contribution in [3.8, 4) is 22.8 Å². The molecule has 0 aliphatic carbocycles. The Bertz CT molecular complexity index is 2270. The van der Waals surface area contributed by atoms with Gasteiger partial charge in [0.05, 0.1) is 29.9 Å². The monoisotopic (exact) mass is 779 g/mol. The van der Waals surface area contributed by atoms with Gasteiger partial charge in [0, 0.05) is 66.1 Å². The van der Waals surface area contributed by atoms with E-state index in [9.17, 15) is 4.79 Å². The average molecular weight is 781 g/mol. The minimum atomic E-state index is -1.18. The Morgan fingerprint density at radius 2 is 1.56 bits per heavy atom. The highest BCUT2D eigenvalue weighted by atomic mass is 35.5. The highest BCUT2D eigenvalue weighted by molar-refractivity contribution is 6.35. The van der Waals surface area contributed by atoms with E-state index in [0.29, 0.717) is 35.4 Å². The van der Waals surface area contributed by atoms with Crippen molar-refractivity contribution in [3.05, 3.63) is 142 Å². The molecule has 0 N–H and O–H groups in total. The zero-order chi connectivity index (χ0) is 37.9. The van der Waals surface area contributed by atoms with Crippen molar-refractivity contribution < 1.29 is 14.2 Å². The second-order valence-electron chi connectivity index (χ2n) is 14.0. The molecule has 3 atom stereocenters. The molecule has 1 unspecified atom stereocenters. The molecule has 4 aromatic carbocycles. The molecule has 11 nitrogen and oxygen atoms in total. The summed E-state index contributed by atoms with van der Waals surface area (Å²) in [6.07, 6.45) is 5.79. The van der Waals surface area contributed by atoms with Gasteiger partial charge in [-0.3, -0.25) is 0 Å². The number of hydrogen-bond donors (Lipinski definition) is 0. The molecule has 2 fully saturated rings. The maximum absolute atomic E-state index is 12.9. The normalized spacial score (nSPS) is 19.2. The van der Waals surface area contributed by atoms with E-state index < -0.39 is 5.79 Å². The Hall–Kier alpha value is -5.07. The molecule has 13 heteroatoms. The summed E-state index contributed by atoms with van der Waals surface area (Å²) >= 11 is 13.0. The lowest BCUT2D eigenvalue weighted by Crippen LogP contribution is -2.46. The van der Waals surface area contributed by atoms with Gasteiger partial charge in [-0.1, -0.05) is 66.5 Å². The first-order valence-corrected chi connectivity index (χ1v) is 19.4. The summed E-state index contributed by atoms with van der Waals surface area (Å²) in [5, 5.41) is 5.31. The number of rotatable bonds is 12. The zero-order valence-electron chi connectivity index (χ0n) is 30.8. The Morgan fingerprint density at radius 3 is 2.24 bits per heavy atom. The fourth-order valence-electron chi connectivity index (χ4n) is 7.22. The second-order valence-corrected chi connectivity index (χ2v) is 14.8. The van der Waals surface area contributed by atoms with Crippen LogP contribution >= 0.6 is 23.2 Å². The van der Waals surface area contributed by atoms with Gasteiger partial charge < -0.3 is 28.6 Å². The number of piperazine rings is 1. The standard InChI is InChI=1S/C42H43Cl2N7O4/c1-3-30(2)51-41(52)50(29-46-51)35-12-10-33(11-13-35)47-21-23-48(24-22-47)34-14-16-36(17-15-34)53-26-37-27-54-42(55-37,38-18-9-32(43)25-39(38)44)28-49-20-19-45-40(49)31-7-5-4-6-8-31/h4-20,25,29-30,37H,3,21-24,26-28H2,1-2H3/t30?,37-,42-/m1/s1. The third-order valence-corrected chi connectivity index (χ3v) is 11.0. The summed E-state index contributed by atoms with van der Waals surface area (Å²) in [7, 11) is 0. The number of ether oxygens (including phenoxy) is 3. The van der Waals surface area contributed by atoms with Crippen LogP contribution in [0.4, 0.5) is 11.4 Å². The average Bonchev–Trinajstić information content (AvgIpc) is 3.96. The molecule has 0 amide bonds. The molecular formula is C42H43Cl2N7O4. The zero-order valence-corrected chi connectivity index (χ0v) is 32.3. The van der Waals surface area contributed by atoms with Crippen LogP contribution in [0.2, 0.25) is 10.0 Å². The molecule has 0 spiro atoms. The fourth-order valence-corrected chi connectivity index (χ4v) is 7.77. The van der Waals surface area contributed by atoms with E-state index in [2.05, 4.69) is 51.1 Å². The molecule has 2 aliphatic heterocycles. The van der Waals surface area contributed by atoms with Crippen LogP contribution in [0.1, 0.15) is 31.9 Å². The van der Waals surface area contributed by atoms with Crippen LogP contribution in [0.5, 0.6) is 5.75 Å². The summed E-state index contributed by atoms with van der Waals surface area (Å²) in [5.41, 5.74) is 4.66. The maximum atomic E-state index is 12.9. The smallest absolute Gasteiger partial charge is 0.350 e. The quantitative estimate of drug-likeness (QED) is 0.124. The largest absolute Gasteiger partial charge is 0.491 e. The summed E-state index contributed by atoms with van der Waals surface area (Å²) < 4.78 is 24.6. The van der Waals surface area contributed by atoms with E-state index in [4.69, 9.17) is 37.4 Å². The van der Waals surface area contributed by atoms with Crippen LogP contribution in [-0.2, 0) is 21.8 Å². The number of anilines is 2. The lowest BCUT2D eigenvalue weighted by Gasteiger charge is -2.37. The third-order valence-electron chi connectivity index (χ3n) is 10.4. The molecule has 6 aromatic rings. The first-order chi connectivity index (χ1) is 26.8. The van der Waals surface area contributed by atoms with E-state index >= 15 is 0 Å². The van der Waals surface area contributed by atoms with Crippen molar-refractivity contribution in [2.75, 3.05) is 49.2 Å². The summed E-state index contributed by atoms with van der Waals surface area (Å²) in [4.78, 5) is 22.2. The van der Waals surface area contributed by atoms with Gasteiger partial charge in [-0.2, -0.15) is 5.10 Å². The number of imidazole rings is 1.